The van der Waals surface area contributed by atoms with Gasteiger partial charge in [-0.25, -0.2) is 4.98 Å². The maximum atomic E-state index is 8.09. The fraction of sp³-hybridized carbons (Fsp3) is 0.222. The minimum absolute atomic E-state index is 0.0900. The molecule has 0 aliphatic carbocycles. The number of rotatable bonds is 3. The first-order valence-corrected chi connectivity index (χ1v) is 9.23. The third kappa shape index (κ3) is 3.15. The third-order valence-electron chi connectivity index (χ3n) is 4.50. The van der Waals surface area contributed by atoms with Gasteiger partial charge in [0, 0.05) is 41.3 Å². The van der Waals surface area contributed by atoms with E-state index in [4.69, 9.17) is 16.6 Å². The van der Waals surface area contributed by atoms with Gasteiger partial charge in [0.15, 0.2) is 5.17 Å². The van der Waals surface area contributed by atoms with Gasteiger partial charge in [-0.05, 0) is 36.7 Å². The van der Waals surface area contributed by atoms with Crippen molar-refractivity contribution in [3.63, 3.8) is 0 Å². The largest absolute Gasteiger partial charge is 0.378 e. The molecule has 3 aromatic rings. The van der Waals surface area contributed by atoms with E-state index in [1.807, 2.05) is 30.6 Å². The van der Waals surface area contributed by atoms with Crippen LogP contribution in [0.15, 0.2) is 36.8 Å². The first-order chi connectivity index (χ1) is 12.6. The number of amidine groups is 1. The summed E-state index contributed by atoms with van der Waals surface area (Å²) in [5, 5.41) is 16.6. The van der Waals surface area contributed by atoms with E-state index in [9.17, 15) is 0 Å². The Hall–Kier alpha value is -2.87. The maximum Gasteiger partial charge on any atom is 0.157 e. The number of anilines is 1. The first-order valence-electron chi connectivity index (χ1n) is 8.41. The zero-order valence-electron chi connectivity index (χ0n) is 14.1. The zero-order valence-corrected chi connectivity index (χ0v) is 14.9. The number of aromatic amines is 1. The molecule has 0 amide bonds. The summed E-state index contributed by atoms with van der Waals surface area (Å²) in [4.78, 5) is 14.7. The van der Waals surface area contributed by atoms with Crippen LogP contribution in [0.2, 0.25) is 0 Å². The summed E-state index contributed by atoms with van der Waals surface area (Å²) in [6.45, 7) is 2.08. The third-order valence-corrected chi connectivity index (χ3v) is 5.16. The minimum atomic E-state index is -0.0900. The number of aromatic nitrogens is 3. The molecular weight excluding hydrogens is 346 g/mol. The lowest BCUT2D eigenvalue weighted by Gasteiger charge is -2.15. The van der Waals surface area contributed by atoms with Gasteiger partial charge in [0.1, 0.15) is 10.9 Å². The van der Waals surface area contributed by atoms with Crippen molar-refractivity contribution in [2.45, 2.75) is 12.8 Å². The Kier molecular flexibility index (Phi) is 4.34. The van der Waals surface area contributed by atoms with Crippen molar-refractivity contribution >= 4 is 38.7 Å². The van der Waals surface area contributed by atoms with Crippen LogP contribution in [0.1, 0.15) is 18.4 Å². The van der Waals surface area contributed by atoms with Crippen molar-refractivity contribution in [3.8, 4) is 11.3 Å². The Morgan fingerprint density at radius 2 is 1.96 bits per heavy atom. The van der Waals surface area contributed by atoms with Crippen LogP contribution < -0.4 is 10.6 Å². The monoisotopic (exact) mass is 365 g/mol. The standard InChI is InChI=1S/C18H19N7S/c19-17(26-18(20)21)11-3-4-14-12(7-11)13(8-22-14)15-9-24-16(10-23-15)25-5-1-2-6-25/h3-4,7-10,19,22H,1-2,5-6H2,(H3,20,21). The summed E-state index contributed by atoms with van der Waals surface area (Å²) in [5.41, 5.74) is 8.82. The number of benzene rings is 1. The second-order valence-electron chi connectivity index (χ2n) is 6.21. The molecule has 0 spiro atoms. The van der Waals surface area contributed by atoms with E-state index >= 15 is 0 Å². The quantitative estimate of drug-likeness (QED) is 0.420. The highest BCUT2D eigenvalue weighted by atomic mass is 32.2. The van der Waals surface area contributed by atoms with Gasteiger partial charge < -0.3 is 15.6 Å². The van der Waals surface area contributed by atoms with E-state index in [1.54, 1.807) is 6.20 Å². The predicted octanol–water partition coefficient (Wildman–Crippen LogP) is 3.18. The Labute approximate surface area is 155 Å². The van der Waals surface area contributed by atoms with Crippen LogP contribution >= 0.6 is 11.8 Å². The number of H-pyrrole nitrogens is 1. The van der Waals surface area contributed by atoms with Crippen molar-refractivity contribution in [2.24, 2.45) is 5.73 Å². The summed E-state index contributed by atoms with van der Waals surface area (Å²) >= 11 is 0.937. The molecule has 2 aromatic heterocycles. The molecule has 0 atom stereocenters. The number of thioether (sulfide) groups is 1. The zero-order chi connectivity index (χ0) is 18.1. The van der Waals surface area contributed by atoms with Gasteiger partial charge >= 0.3 is 0 Å². The van der Waals surface area contributed by atoms with E-state index in [1.165, 1.54) is 12.8 Å². The van der Waals surface area contributed by atoms with Crippen LogP contribution in [0.25, 0.3) is 22.2 Å². The Bertz CT molecular complexity index is 971. The second kappa shape index (κ2) is 6.80. The summed E-state index contributed by atoms with van der Waals surface area (Å²) < 4.78 is 0. The molecule has 26 heavy (non-hydrogen) atoms. The summed E-state index contributed by atoms with van der Waals surface area (Å²) in [6, 6.07) is 5.70. The number of hydrogen-bond donors (Lipinski definition) is 4. The summed E-state index contributed by atoms with van der Waals surface area (Å²) in [5.74, 6) is 0.923. The average molecular weight is 365 g/mol. The van der Waals surface area contributed by atoms with E-state index in [-0.39, 0.29) is 10.2 Å². The van der Waals surface area contributed by atoms with Crippen molar-refractivity contribution < 1.29 is 0 Å². The highest BCUT2D eigenvalue weighted by Crippen LogP contribution is 2.29. The van der Waals surface area contributed by atoms with Crippen LogP contribution in [0.4, 0.5) is 5.82 Å². The van der Waals surface area contributed by atoms with E-state index in [0.717, 1.165) is 58.4 Å². The molecule has 132 valence electrons. The number of hydrogen-bond acceptors (Lipinski definition) is 6. The topological polar surface area (TPSA) is 119 Å². The normalized spacial score (nSPS) is 14.1. The highest BCUT2D eigenvalue weighted by Gasteiger charge is 2.15. The van der Waals surface area contributed by atoms with Crippen LogP contribution in [0.3, 0.4) is 0 Å². The van der Waals surface area contributed by atoms with Gasteiger partial charge in [-0.15, -0.1) is 0 Å². The lowest BCUT2D eigenvalue weighted by molar-refractivity contribution is 0.928. The Morgan fingerprint density at radius 1 is 1.15 bits per heavy atom. The molecule has 5 N–H and O–H groups in total. The predicted molar refractivity (Wildman–Crippen MR) is 107 cm³/mol. The van der Waals surface area contributed by atoms with E-state index in [0.29, 0.717) is 0 Å². The fourth-order valence-electron chi connectivity index (χ4n) is 3.21. The molecule has 1 aromatic carbocycles. The number of nitrogens with two attached hydrogens (primary N) is 1. The maximum absolute atomic E-state index is 8.09. The van der Waals surface area contributed by atoms with Gasteiger partial charge in [0.25, 0.3) is 0 Å². The van der Waals surface area contributed by atoms with Crippen LogP contribution in [0.5, 0.6) is 0 Å². The molecule has 0 radical (unpaired) electrons. The molecule has 8 heteroatoms. The van der Waals surface area contributed by atoms with Crippen LogP contribution in [-0.4, -0.2) is 38.3 Å². The number of nitrogens with one attached hydrogen (secondary N) is 3. The van der Waals surface area contributed by atoms with Crippen molar-refractivity contribution in [1.82, 2.24) is 15.0 Å². The molecule has 1 aliphatic rings. The molecule has 1 fully saturated rings. The second-order valence-corrected chi connectivity index (χ2v) is 7.26. The molecule has 0 unspecified atom stereocenters. The molecule has 7 nitrogen and oxygen atoms in total. The van der Waals surface area contributed by atoms with Gasteiger partial charge in [-0.3, -0.25) is 15.8 Å². The molecule has 1 saturated heterocycles. The average Bonchev–Trinajstić information content (AvgIpc) is 3.30. The fourth-order valence-corrected chi connectivity index (χ4v) is 3.68. The molecule has 0 saturated carbocycles. The van der Waals surface area contributed by atoms with E-state index < -0.39 is 0 Å². The molecule has 1 aliphatic heterocycles. The number of nitrogens with zero attached hydrogens (tertiary/aromatic N) is 3. The van der Waals surface area contributed by atoms with Gasteiger partial charge in [0.2, 0.25) is 0 Å². The Balaban J connectivity index is 1.67. The molecule has 4 rings (SSSR count). The summed E-state index contributed by atoms with van der Waals surface area (Å²) in [6.07, 6.45) is 7.96. The van der Waals surface area contributed by atoms with Crippen LogP contribution in [0, 0.1) is 10.8 Å². The lowest BCUT2D eigenvalue weighted by Crippen LogP contribution is -2.19. The van der Waals surface area contributed by atoms with Gasteiger partial charge in [-0.2, -0.15) is 0 Å². The lowest BCUT2D eigenvalue weighted by atomic mass is 10.1. The molecular formula is C18H19N7S. The van der Waals surface area contributed by atoms with Gasteiger partial charge in [-0.1, -0.05) is 6.07 Å². The van der Waals surface area contributed by atoms with Gasteiger partial charge in [0.05, 0.1) is 18.1 Å². The molecule has 3 heterocycles. The SMILES string of the molecule is N=C(N)SC(=N)c1ccc2[nH]cc(-c3cnc(N4CCCC4)cn3)c2c1. The Morgan fingerprint density at radius 3 is 2.65 bits per heavy atom. The smallest absolute Gasteiger partial charge is 0.157 e. The van der Waals surface area contributed by atoms with Crippen molar-refractivity contribution in [2.75, 3.05) is 18.0 Å². The highest BCUT2D eigenvalue weighted by molar-refractivity contribution is 8.26. The summed E-state index contributed by atoms with van der Waals surface area (Å²) in [7, 11) is 0. The molecule has 0 bridgehead atoms. The van der Waals surface area contributed by atoms with E-state index in [2.05, 4.69) is 19.9 Å². The van der Waals surface area contributed by atoms with Crippen molar-refractivity contribution in [3.05, 3.63) is 42.4 Å². The number of fused-ring (bicyclic) bond motifs is 1. The first kappa shape index (κ1) is 16.6. The minimum Gasteiger partial charge on any atom is -0.378 e. The van der Waals surface area contributed by atoms with Crippen LogP contribution in [-0.2, 0) is 0 Å². The van der Waals surface area contributed by atoms with Crippen molar-refractivity contribution in [1.29, 1.82) is 10.8 Å².